The highest BCUT2D eigenvalue weighted by molar-refractivity contribution is 6.33. The lowest BCUT2D eigenvalue weighted by molar-refractivity contribution is -0.137. The first-order chi connectivity index (χ1) is 13.6. The molecule has 1 unspecified atom stereocenters. The van der Waals surface area contributed by atoms with Gasteiger partial charge in [-0.25, -0.2) is 4.98 Å². The second kappa shape index (κ2) is 7.87. The smallest absolute Gasteiger partial charge is 0.323 e. The lowest BCUT2D eigenvalue weighted by atomic mass is 10.0. The average Bonchev–Trinajstić information content (AvgIpc) is 2.64. The SMILES string of the molecule is CC(C)C(C(=O)Nc1cc(C(F)(F)F)ccc1Cl)n1cnc2ccccc2c1=O. The van der Waals surface area contributed by atoms with E-state index in [1.165, 1.54) is 10.9 Å². The molecule has 2 aromatic carbocycles. The predicted octanol–water partition coefficient (Wildman–Crippen LogP) is 4.90. The number of alkyl halides is 3. The van der Waals surface area contributed by atoms with E-state index >= 15 is 0 Å². The first-order valence-electron chi connectivity index (χ1n) is 8.73. The molecule has 1 amide bonds. The van der Waals surface area contributed by atoms with Gasteiger partial charge in [0.2, 0.25) is 5.91 Å². The van der Waals surface area contributed by atoms with Crippen LogP contribution in [0, 0.1) is 5.92 Å². The van der Waals surface area contributed by atoms with E-state index in [9.17, 15) is 22.8 Å². The fourth-order valence-corrected chi connectivity index (χ4v) is 3.20. The summed E-state index contributed by atoms with van der Waals surface area (Å²) < 4.78 is 40.1. The van der Waals surface area contributed by atoms with Crippen molar-refractivity contribution in [1.82, 2.24) is 9.55 Å². The molecule has 29 heavy (non-hydrogen) atoms. The highest BCUT2D eigenvalue weighted by atomic mass is 35.5. The van der Waals surface area contributed by atoms with Crippen LogP contribution >= 0.6 is 11.6 Å². The second-order valence-electron chi connectivity index (χ2n) is 6.84. The first kappa shape index (κ1) is 20.9. The van der Waals surface area contributed by atoms with Crippen LogP contribution in [-0.4, -0.2) is 15.5 Å². The van der Waals surface area contributed by atoms with Gasteiger partial charge in [-0.3, -0.25) is 14.2 Å². The predicted molar refractivity (Wildman–Crippen MR) is 105 cm³/mol. The quantitative estimate of drug-likeness (QED) is 0.648. The maximum atomic E-state index is 13.0. The minimum Gasteiger partial charge on any atom is -0.323 e. The number of rotatable bonds is 4. The Morgan fingerprint density at radius 2 is 1.86 bits per heavy atom. The van der Waals surface area contributed by atoms with Gasteiger partial charge < -0.3 is 5.32 Å². The number of nitrogens with one attached hydrogen (secondary N) is 1. The molecular weight excluding hydrogens is 407 g/mol. The monoisotopic (exact) mass is 423 g/mol. The van der Waals surface area contributed by atoms with Gasteiger partial charge in [0.25, 0.3) is 5.56 Å². The van der Waals surface area contributed by atoms with Gasteiger partial charge in [-0.1, -0.05) is 37.6 Å². The highest BCUT2D eigenvalue weighted by Gasteiger charge is 2.32. The first-order valence-corrected chi connectivity index (χ1v) is 9.11. The summed E-state index contributed by atoms with van der Waals surface area (Å²) in [6.07, 6.45) is -3.32. The fraction of sp³-hybridized carbons (Fsp3) is 0.250. The molecule has 1 atom stereocenters. The van der Waals surface area contributed by atoms with Crippen LogP contribution in [0.4, 0.5) is 18.9 Å². The Balaban J connectivity index is 2.00. The minimum atomic E-state index is -4.58. The number of anilines is 1. The third-order valence-corrected chi connectivity index (χ3v) is 4.77. The molecule has 152 valence electrons. The number of para-hydroxylation sites is 1. The molecule has 1 aromatic heterocycles. The summed E-state index contributed by atoms with van der Waals surface area (Å²) in [5.74, 6) is -1.01. The number of halogens is 4. The van der Waals surface area contributed by atoms with Crippen LogP contribution in [0.2, 0.25) is 5.02 Å². The molecule has 0 saturated heterocycles. The lowest BCUT2D eigenvalue weighted by Crippen LogP contribution is -2.36. The molecule has 0 aliphatic heterocycles. The Morgan fingerprint density at radius 1 is 1.17 bits per heavy atom. The Kier molecular flexibility index (Phi) is 5.66. The van der Waals surface area contributed by atoms with Crippen LogP contribution in [0.25, 0.3) is 10.9 Å². The topological polar surface area (TPSA) is 64.0 Å². The van der Waals surface area contributed by atoms with E-state index in [4.69, 9.17) is 11.6 Å². The zero-order valence-electron chi connectivity index (χ0n) is 15.5. The number of carbonyl (C=O) groups excluding carboxylic acids is 1. The van der Waals surface area contributed by atoms with E-state index in [0.29, 0.717) is 10.9 Å². The van der Waals surface area contributed by atoms with Crippen LogP contribution < -0.4 is 10.9 Å². The van der Waals surface area contributed by atoms with Crippen molar-refractivity contribution in [2.45, 2.75) is 26.1 Å². The third kappa shape index (κ3) is 4.27. The largest absolute Gasteiger partial charge is 0.416 e. The maximum absolute atomic E-state index is 13.0. The van der Waals surface area contributed by atoms with Gasteiger partial charge in [0.05, 0.1) is 33.5 Å². The minimum absolute atomic E-state index is 0.0437. The molecule has 0 aliphatic rings. The number of benzene rings is 2. The molecule has 0 aliphatic carbocycles. The molecule has 0 spiro atoms. The summed E-state index contributed by atoms with van der Waals surface area (Å²) in [5.41, 5.74) is -1.06. The summed E-state index contributed by atoms with van der Waals surface area (Å²) in [7, 11) is 0. The lowest BCUT2D eigenvalue weighted by Gasteiger charge is -2.23. The molecule has 3 rings (SSSR count). The number of nitrogens with zero attached hydrogens (tertiary/aromatic N) is 2. The van der Waals surface area contributed by atoms with E-state index in [1.807, 2.05) is 0 Å². The zero-order valence-corrected chi connectivity index (χ0v) is 16.3. The molecule has 0 radical (unpaired) electrons. The van der Waals surface area contributed by atoms with Gasteiger partial charge in [0, 0.05) is 0 Å². The average molecular weight is 424 g/mol. The Hall–Kier alpha value is -2.87. The van der Waals surface area contributed by atoms with E-state index < -0.39 is 29.2 Å². The van der Waals surface area contributed by atoms with Gasteiger partial charge in [0.15, 0.2) is 0 Å². The molecule has 0 bridgehead atoms. The van der Waals surface area contributed by atoms with Gasteiger partial charge >= 0.3 is 6.18 Å². The summed E-state index contributed by atoms with van der Waals surface area (Å²) in [5, 5.41) is 2.71. The molecule has 0 fully saturated rings. The summed E-state index contributed by atoms with van der Waals surface area (Å²) in [6.45, 7) is 3.44. The Labute approximate surface area is 169 Å². The van der Waals surface area contributed by atoms with Crippen molar-refractivity contribution in [3.05, 3.63) is 69.7 Å². The normalized spacial score (nSPS) is 12.9. The third-order valence-electron chi connectivity index (χ3n) is 4.44. The van der Waals surface area contributed by atoms with E-state index in [0.717, 1.165) is 18.2 Å². The fourth-order valence-electron chi connectivity index (χ4n) is 3.04. The Morgan fingerprint density at radius 3 is 2.52 bits per heavy atom. The Bertz CT molecular complexity index is 1130. The summed E-state index contributed by atoms with van der Waals surface area (Å²) in [4.78, 5) is 30.0. The molecule has 1 heterocycles. The van der Waals surface area contributed by atoms with Gasteiger partial charge in [-0.2, -0.15) is 13.2 Å². The van der Waals surface area contributed by atoms with E-state index in [1.54, 1.807) is 38.1 Å². The summed E-state index contributed by atoms with van der Waals surface area (Å²) >= 11 is 5.97. The van der Waals surface area contributed by atoms with E-state index in [2.05, 4.69) is 10.3 Å². The van der Waals surface area contributed by atoms with Crippen molar-refractivity contribution in [3.63, 3.8) is 0 Å². The van der Waals surface area contributed by atoms with Crippen LogP contribution in [-0.2, 0) is 11.0 Å². The van der Waals surface area contributed by atoms with Gasteiger partial charge in [0.1, 0.15) is 6.04 Å². The molecule has 3 aromatic rings. The number of aromatic nitrogens is 2. The van der Waals surface area contributed by atoms with Crippen LogP contribution in [0.5, 0.6) is 0 Å². The van der Waals surface area contributed by atoms with Gasteiger partial charge in [-0.15, -0.1) is 0 Å². The van der Waals surface area contributed by atoms with Crippen molar-refractivity contribution in [2.75, 3.05) is 5.32 Å². The van der Waals surface area contributed by atoms with Crippen LogP contribution in [0.3, 0.4) is 0 Å². The van der Waals surface area contributed by atoms with E-state index in [-0.39, 0.29) is 16.6 Å². The molecule has 0 saturated carbocycles. The highest BCUT2D eigenvalue weighted by Crippen LogP contribution is 2.34. The van der Waals surface area contributed by atoms with Crippen molar-refractivity contribution in [1.29, 1.82) is 0 Å². The summed E-state index contributed by atoms with van der Waals surface area (Å²) in [6, 6.07) is 8.35. The number of carbonyl (C=O) groups is 1. The number of hydrogen-bond acceptors (Lipinski definition) is 3. The van der Waals surface area contributed by atoms with Crippen molar-refractivity contribution in [3.8, 4) is 0 Å². The molecular formula is C20H17ClF3N3O2. The van der Waals surface area contributed by atoms with Crippen molar-refractivity contribution < 1.29 is 18.0 Å². The van der Waals surface area contributed by atoms with Crippen LogP contribution in [0.15, 0.2) is 53.6 Å². The molecule has 9 heteroatoms. The molecule has 1 N–H and O–H groups in total. The number of amides is 1. The molecule has 5 nitrogen and oxygen atoms in total. The van der Waals surface area contributed by atoms with Crippen molar-refractivity contribution >= 4 is 34.1 Å². The zero-order chi connectivity index (χ0) is 21.3. The standard InChI is InChI=1S/C20H17ClF3N3O2/c1-11(2)17(27-10-25-15-6-4-3-5-13(15)19(27)29)18(28)26-16-9-12(20(22,23)24)7-8-14(16)21/h3-11,17H,1-2H3,(H,26,28). The number of fused-ring (bicyclic) bond motifs is 1. The second-order valence-corrected chi connectivity index (χ2v) is 7.25. The number of hydrogen-bond donors (Lipinski definition) is 1. The van der Waals surface area contributed by atoms with Gasteiger partial charge in [-0.05, 0) is 36.2 Å². The van der Waals surface area contributed by atoms with Crippen molar-refractivity contribution in [2.24, 2.45) is 5.92 Å². The van der Waals surface area contributed by atoms with Crippen LogP contribution in [0.1, 0.15) is 25.5 Å². The maximum Gasteiger partial charge on any atom is 0.416 e.